The van der Waals surface area contributed by atoms with E-state index in [1.54, 1.807) is 24.9 Å². The SMILES string of the molecule is COc1cc(CNC(=O)[C@@H](N)C(C)C)nn1C. The molecular weight excluding hydrogens is 220 g/mol. The number of carbonyl (C=O) groups excluding carboxylic acids is 1. The lowest BCUT2D eigenvalue weighted by Gasteiger charge is -2.14. The summed E-state index contributed by atoms with van der Waals surface area (Å²) < 4.78 is 6.70. The molecule has 0 fully saturated rings. The van der Waals surface area contributed by atoms with Gasteiger partial charge < -0.3 is 15.8 Å². The predicted octanol–water partition coefficient (Wildman–Crippen LogP) is 0.0282. The maximum atomic E-state index is 11.6. The Morgan fingerprint density at radius 2 is 2.29 bits per heavy atom. The first-order valence-electron chi connectivity index (χ1n) is 5.56. The van der Waals surface area contributed by atoms with E-state index in [0.717, 1.165) is 5.69 Å². The highest BCUT2D eigenvalue weighted by molar-refractivity contribution is 5.81. The van der Waals surface area contributed by atoms with E-state index in [4.69, 9.17) is 10.5 Å². The monoisotopic (exact) mass is 240 g/mol. The molecule has 1 aromatic rings. The van der Waals surface area contributed by atoms with E-state index < -0.39 is 6.04 Å². The average Bonchev–Trinajstić information content (AvgIpc) is 2.65. The van der Waals surface area contributed by atoms with Crippen LogP contribution in [-0.4, -0.2) is 28.8 Å². The van der Waals surface area contributed by atoms with Crippen molar-refractivity contribution in [2.75, 3.05) is 7.11 Å². The third kappa shape index (κ3) is 3.45. The van der Waals surface area contributed by atoms with Crippen LogP contribution in [0.3, 0.4) is 0 Å². The van der Waals surface area contributed by atoms with Crippen molar-refractivity contribution < 1.29 is 9.53 Å². The van der Waals surface area contributed by atoms with Gasteiger partial charge in [0.1, 0.15) is 0 Å². The van der Waals surface area contributed by atoms with E-state index in [0.29, 0.717) is 12.4 Å². The summed E-state index contributed by atoms with van der Waals surface area (Å²) in [6, 6.07) is 1.29. The molecule has 0 aliphatic rings. The highest BCUT2D eigenvalue weighted by atomic mass is 16.5. The first-order valence-corrected chi connectivity index (χ1v) is 5.56. The van der Waals surface area contributed by atoms with Crippen molar-refractivity contribution in [3.63, 3.8) is 0 Å². The van der Waals surface area contributed by atoms with Crippen LogP contribution in [0.25, 0.3) is 0 Å². The molecular formula is C11H20N4O2. The van der Waals surface area contributed by atoms with Gasteiger partial charge in [-0.15, -0.1) is 0 Å². The maximum Gasteiger partial charge on any atom is 0.237 e. The van der Waals surface area contributed by atoms with Crippen LogP contribution in [0.5, 0.6) is 5.88 Å². The fourth-order valence-corrected chi connectivity index (χ4v) is 1.38. The highest BCUT2D eigenvalue weighted by Gasteiger charge is 2.17. The lowest BCUT2D eigenvalue weighted by molar-refractivity contribution is -0.123. The molecule has 1 amide bonds. The second-order valence-electron chi connectivity index (χ2n) is 4.29. The zero-order valence-electron chi connectivity index (χ0n) is 10.7. The van der Waals surface area contributed by atoms with Crippen LogP contribution in [0.4, 0.5) is 0 Å². The fourth-order valence-electron chi connectivity index (χ4n) is 1.38. The number of rotatable bonds is 5. The van der Waals surface area contributed by atoms with E-state index in [1.807, 2.05) is 13.8 Å². The zero-order valence-corrected chi connectivity index (χ0v) is 10.7. The molecule has 0 bridgehead atoms. The number of aryl methyl sites for hydroxylation is 1. The Kier molecular flexibility index (Phi) is 4.51. The van der Waals surface area contributed by atoms with Crippen molar-refractivity contribution in [3.05, 3.63) is 11.8 Å². The lowest BCUT2D eigenvalue weighted by Crippen LogP contribution is -2.43. The highest BCUT2D eigenvalue weighted by Crippen LogP contribution is 2.10. The van der Waals surface area contributed by atoms with E-state index >= 15 is 0 Å². The molecule has 1 aromatic heterocycles. The molecule has 6 heteroatoms. The Labute approximate surface area is 101 Å². The molecule has 1 heterocycles. The van der Waals surface area contributed by atoms with E-state index in [9.17, 15) is 4.79 Å². The first kappa shape index (κ1) is 13.5. The number of carbonyl (C=O) groups is 1. The van der Waals surface area contributed by atoms with Crippen LogP contribution in [0.2, 0.25) is 0 Å². The Bertz CT molecular complexity index is 387. The summed E-state index contributed by atoms with van der Waals surface area (Å²) in [5.74, 6) is 0.611. The second kappa shape index (κ2) is 5.67. The van der Waals surface area contributed by atoms with E-state index in [2.05, 4.69) is 10.4 Å². The summed E-state index contributed by atoms with van der Waals surface area (Å²) in [5, 5.41) is 6.94. The molecule has 1 atom stereocenters. The van der Waals surface area contributed by atoms with Crippen LogP contribution in [-0.2, 0) is 18.4 Å². The van der Waals surface area contributed by atoms with Crippen molar-refractivity contribution in [1.82, 2.24) is 15.1 Å². The van der Waals surface area contributed by atoms with Gasteiger partial charge in [0, 0.05) is 13.1 Å². The van der Waals surface area contributed by atoms with Gasteiger partial charge in [0.2, 0.25) is 11.8 Å². The molecule has 1 rings (SSSR count). The largest absolute Gasteiger partial charge is 0.481 e. The number of nitrogens with zero attached hydrogens (tertiary/aromatic N) is 2. The van der Waals surface area contributed by atoms with E-state index in [-0.39, 0.29) is 11.8 Å². The predicted molar refractivity (Wildman–Crippen MR) is 64.4 cm³/mol. The topological polar surface area (TPSA) is 82.2 Å². The van der Waals surface area contributed by atoms with Crippen LogP contribution in [0, 0.1) is 5.92 Å². The second-order valence-corrected chi connectivity index (χ2v) is 4.29. The van der Waals surface area contributed by atoms with Gasteiger partial charge in [0.25, 0.3) is 0 Å². The van der Waals surface area contributed by atoms with Crippen molar-refractivity contribution in [2.45, 2.75) is 26.4 Å². The quantitative estimate of drug-likeness (QED) is 0.760. The Balaban J connectivity index is 2.53. The molecule has 0 spiro atoms. The lowest BCUT2D eigenvalue weighted by atomic mass is 10.1. The number of ether oxygens (including phenoxy) is 1. The summed E-state index contributed by atoms with van der Waals surface area (Å²) in [5.41, 5.74) is 6.47. The van der Waals surface area contributed by atoms with Gasteiger partial charge in [-0.05, 0) is 5.92 Å². The van der Waals surface area contributed by atoms with Crippen LogP contribution in [0.15, 0.2) is 6.07 Å². The number of amides is 1. The smallest absolute Gasteiger partial charge is 0.237 e. The van der Waals surface area contributed by atoms with Crippen LogP contribution < -0.4 is 15.8 Å². The Morgan fingerprint density at radius 1 is 1.65 bits per heavy atom. The van der Waals surface area contributed by atoms with Gasteiger partial charge in [-0.3, -0.25) is 4.79 Å². The molecule has 17 heavy (non-hydrogen) atoms. The minimum absolute atomic E-state index is 0.119. The average molecular weight is 240 g/mol. The molecule has 96 valence electrons. The van der Waals surface area contributed by atoms with E-state index in [1.165, 1.54) is 0 Å². The summed E-state index contributed by atoms with van der Waals surface area (Å²) in [6.45, 7) is 4.18. The van der Waals surface area contributed by atoms with Crippen molar-refractivity contribution in [2.24, 2.45) is 18.7 Å². The minimum Gasteiger partial charge on any atom is -0.481 e. The molecule has 3 N–H and O–H groups in total. The molecule has 0 aliphatic heterocycles. The Hall–Kier alpha value is -1.56. The molecule has 6 nitrogen and oxygen atoms in total. The third-order valence-electron chi connectivity index (χ3n) is 2.56. The third-order valence-corrected chi connectivity index (χ3v) is 2.56. The summed E-state index contributed by atoms with van der Waals surface area (Å²) in [7, 11) is 3.36. The molecule has 0 unspecified atom stereocenters. The van der Waals surface area contributed by atoms with Gasteiger partial charge in [-0.2, -0.15) is 5.10 Å². The number of hydrogen-bond donors (Lipinski definition) is 2. The molecule has 0 radical (unpaired) electrons. The molecule has 0 saturated heterocycles. The number of nitrogens with two attached hydrogens (primary N) is 1. The first-order chi connectivity index (χ1) is 7.95. The standard InChI is InChI=1S/C11H20N4O2/c1-7(2)10(12)11(16)13-6-8-5-9(17-4)15(3)14-8/h5,7,10H,6,12H2,1-4H3,(H,13,16)/t10-/m0/s1. The fraction of sp³-hybridized carbons (Fsp3) is 0.636. The number of hydrogen-bond acceptors (Lipinski definition) is 4. The van der Waals surface area contributed by atoms with Crippen LogP contribution >= 0.6 is 0 Å². The minimum atomic E-state index is -0.486. The van der Waals surface area contributed by atoms with Crippen molar-refractivity contribution in [3.8, 4) is 5.88 Å². The van der Waals surface area contributed by atoms with Crippen molar-refractivity contribution in [1.29, 1.82) is 0 Å². The molecule has 0 saturated carbocycles. The number of aromatic nitrogens is 2. The summed E-state index contributed by atoms with van der Waals surface area (Å²) >= 11 is 0. The number of methoxy groups -OCH3 is 1. The summed E-state index contributed by atoms with van der Waals surface area (Å²) in [6.07, 6.45) is 0. The maximum absolute atomic E-state index is 11.6. The summed E-state index contributed by atoms with van der Waals surface area (Å²) in [4.78, 5) is 11.6. The van der Waals surface area contributed by atoms with Crippen LogP contribution in [0.1, 0.15) is 19.5 Å². The Morgan fingerprint density at radius 3 is 2.76 bits per heavy atom. The van der Waals surface area contributed by atoms with Gasteiger partial charge in [-0.25, -0.2) is 4.68 Å². The molecule has 0 aromatic carbocycles. The van der Waals surface area contributed by atoms with Gasteiger partial charge >= 0.3 is 0 Å². The van der Waals surface area contributed by atoms with Gasteiger partial charge in [-0.1, -0.05) is 13.8 Å². The zero-order chi connectivity index (χ0) is 13.0. The normalized spacial score (nSPS) is 12.6. The number of nitrogens with one attached hydrogen (secondary N) is 1. The van der Waals surface area contributed by atoms with Crippen molar-refractivity contribution >= 4 is 5.91 Å². The van der Waals surface area contributed by atoms with Gasteiger partial charge in [0.15, 0.2) is 0 Å². The van der Waals surface area contributed by atoms with Gasteiger partial charge in [0.05, 0.1) is 25.4 Å². The molecule has 0 aliphatic carbocycles.